The molecule has 0 amide bonds. The van der Waals surface area contributed by atoms with Gasteiger partial charge in [0.2, 0.25) is 0 Å². The molecule has 1 N–H and O–H groups in total. The standard InChI is InChI=1S/C17H16FN3O2/c1-10-5-12(18)6-13-14(10)20-8-11(7-19)15(13)21-4-3-17(2,9-21)16(22)23/h5-6,8H,3-4,9H2,1-2H3,(H,22,23). The number of hydrogen-bond donors (Lipinski definition) is 1. The number of rotatable bonds is 2. The fraction of sp³-hybridized carbons (Fsp3) is 0.353. The molecular formula is C17H16FN3O2. The molecule has 0 saturated carbocycles. The zero-order valence-electron chi connectivity index (χ0n) is 12.9. The van der Waals surface area contributed by atoms with Gasteiger partial charge < -0.3 is 10.0 Å². The van der Waals surface area contributed by atoms with Gasteiger partial charge in [-0.05, 0) is 38.0 Å². The van der Waals surface area contributed by atoms with Crippen molar-refractivity contribution in [2.45, 2.75) is 20.3 Å². The van der Waals surface area contributed by atoms with Gasteiger partial charge in [0.1, 0.15) is 11.9 Å². The highest BCUT2D eigenvalue weighted by Gasteiger charge is 2.41. The van der Waals surface area contributed by atoms with Gasteiger partial charge in [-0.1, -0.05) is 0 Å². The fourth-order valence-corrected chi connectivity index (χ4v) is 3.17. The SMILES string of the molecule is Cc1cc(F)cc2c(N3CCC(C)(C(=O)O)C3)c(C#N)cnc12. The highest BCUT2D eigenvalue weighted by Crippen LogP contribution is 2.38. The van der Waals surface area contributed by atoms with Gasteiger partial charge in [0.05, 0.1) is 22.2 Å². The molecule has 3 rings (SSSR count). The number of carboxylic acids is 1. The van der Waals surface area contributed by atoms with Crippen molar-refractivity contribution in [1.82, 2.24) is 4.98 Å². The van der Waals surface area contributed by atoms with Crippen molar-refractivity contribution in [1.29, 1.82) is 5.26 Å². The molecule has 23 heavy (non-hydrogen) atoms. The van der Waals surface area contributed by atoms with Crippen LogP contribution in [0.15, 0.2) is 18.3 Å². The van der Waals surface area contributed by atoms with Crippen molar-refractivity contribution in [3.8, 4) is 6.07 Å². The summed E-state index contributed by atoms with van der Waals surface area (Å²) in [6.07, 6.45) is 1.95. The second-order valence-electron chi connectivity index (χ2n) is 6.29. The van der Waals surface area contributed by atoms with E-state index < -0.39 is 17.2 Å². The monoisotopic (exact) mass is 313 g/mol. The van der Waals surface area contributed by atoms with E-state index in [1.54, 1.807) is 13.8 Å². The molecule has 1 aliphatic rings. The van der Waals surface area contributed by atoms with E-state index in [1.165, 1.54) is 18.3 Å². The van der Waals surface area contributed by atoms with Gasteiger partial charge >= 0.3 is 5.97 Å². The number of benzene rings is 1. The normalized spacial score (nSPS) is 20.7. The van der Waals surface area contributed by atoms with Gasteiger partial charge in [-0.2, -0.15) is 5.26 Å². The average Bonchev–Trinajstić information content (AvgIpc) is 2.89. The second kappa shape index (κ2) is 5.20. The lowest BCUT2D eigenvalue weighted by Crippen LogP contribution is -2.32. The summed E-state index contributed by atoms with van der Waals surface area (Å²) >= 11 is 0. The molecule has 1 fully saturated rings. The van der Waals surface area contributed by atoms with Gasteiger partial charge in [0, 0.05) is 24.7 Å². The van der Waals surface area contributed by atoms with Crippen LogP contribution in [0.4, 0.5) is 10.1 Å². The molecule has 6 heteroatoms. The van der Waals surface area contributed by atoms with Crippen LogP contribution in [0.5, 0.6) is 0 Å². The van der Waals surface area contributed by atoms with E-state index >= 15 is 0 Å². The summed E-state index contributed by atoms with van der Waals surface area (Å²) in [4.78, 5) is 17.6. The quantitative estimate of drug-likeness (QED) is 0.922. The van der Waals surface area contributed by atoms with Crippen LogP contribution < -0.4 is 4.90 Å². The first kappa shape index (κ1) is 15.2. The Balaban J connectivity index is 2.21. The Morgan fingerprint density at radius 1 is 1.52 bits per heavy atom. The topological polar surface area (TPSA) is 77.2 Å². The van der Waals surface area contributed by atoms with Crippen LogP contribution in [-0.4, -0.2) is 29.1 Å². The zero-order chi connectivity index (χ0) is 16.8. The Labute approximate surface area is 133 Å². The van der Waals surface area contributed by atoms with Crippen molar-refractivity contribution >= 4 is 22.6 Å². The largest absolute Gasteiger partial charge is 0.481 e. The van der Waals surface area contributed by atoms with Crippen molar-refractivity contribution in [3.05, 3.63) is 35.3 Å². The number of aryl methyl sites for hydroxylation is 1. The van der Waals surface area contributed by atoms with E-state index in [4.69, 9.17) is 0 Å². The van der Waals surface area contributed by atoms with Crippen molar-refractivity contribution in [3.63, 3.8) is 0 Å². The Kier molecular flexibility index (Phi) is 3.44. The summed E-state index contributed by atoms with van der Waals surface area (Å²) in [7, 11) is 0. The lowest BCUT2D eigenvalue weighted by molar-refractivity contribution is -0.146. The van der Waals surface area contributed by atoms with Gasteiger partial charge in [-0.25, -0.2) is 4.39 Å². The van der Waals surface area contributed by atoms with E-state index in [9.17, 15) is 19.6 Å². The molecule has 5 nitrogen and oxygen atoms in total. The molecule has 0 aliphatic carbocycles. The number of halogens is 1. The molecule has 1 aromatic heterocycles. The van der Waals surface area contributed by atoms with Crippen LogP contribution in [0.2, 0.25) is 0 Å². The first-order chi connectivity index (χ1) is 10.9. The van der Waals surface area contributed by atoms with E-state index in [2.05, 4.69) is 11.1 Å². The minimum absolute atomic E-state index is 0.283. The summed E-state index contributed by atoms with van der Waals surface area (Å²) in [6, 6.07) is 4.85. The molecule has 2 heterocycles. The molecule has 1 atom stereocenters. The molecule has 1 aliphatic heterocycles. The summed E-state index contributed by atoms with van der Waals surface area (Å²) in [5, 5.41) is 19.3. The van der Waals surface area contributed by atoms with Crippen molar-refractivity contribution < 1.29 is 14.3 Å². The van der Waals surface area contributed by atoms with Gasteiger partial charge in [-0.3, -0.25) is 9.78 Å². The number of nitriles is 1. The highest BCUT2D eigenvalue weighted by molar-refractivity contribution is 5.96. The Morgan fingerprint density at radius 3 is 2.87 bits per heavy atom. The first-order valence-corrected chi connectivity index (χ1v) is 7.33. The number of aliphatic carboxylic acids is 1. The second-order valence-corrected chi connectivity index (χ2v) is 6.29. The predicted molar refractivity (Wildman–Crippen MR) is 83.7 cm³/mol. The number of carbonyl (C=O) groups is 1. The summed E-state index contributed by atoms with van der Waals surface area (Å²) in [5.41, 5.74) is 1.35. The molecule has 1 saturated heterocycles. The van der Waals surface area contributed by atoms with Crippen molar-refractivity contribution in [2.24, 2.45) is 5.41 Å². The Hall–Kier alpha value is -2.68. The minimum Gasteiger partial charge on any atom is -0.481 e. The lowest BCUT2D eigenvalue weighted by Gasteiger charge is -2.24. The van der Waals surface area contributed by atoms with Crippen LogP contribution in [0.25, 0.3) is 10.9 Å². The van der Waals surface area contributed by atoms with E-state index in [-0.39, 0.29) is 6.54 Å². The number of anilines is 1. The van der Waals surface area contributed by atoms with Crippen molar-refractivity contribution in [2.75, 3.05) is 18.0 Å². The van der Waals surface area contributed by atoms with Gasteiger partial charge in [0.25, 0.3) is 0 Å². The van der Waals surface area contributed by atoms with Crippen LogP contribution in [0.1, 0.15) is 24.5 Å². The fourth-order valence-electron chi connectivity index (χ4n) is 3.17. The lowest BCUT2D eigenvalue weighted by atomic mass is 9.90. The highest BCUT2D eigenvalue weighted by atomic mass is 19.1. The molecule has 118 valence electrons. The molecular weight excluding hydrogens is 297 g/mol. The van der Waals surface area contributed by atoms with Crippen LogP contribution in [0, 0.1) is 29.5 Å². The third kappa shape index (κ3) is 2.38. The Bertz CT molecular complexity index is 859. The number of nitrogens with zero attached hydrogens (tertiary/aromatic N) is 3. The molecule has 0 bridgehead atoms. The number of fused-ring (bicyclic) bond motifs is 1. The van der Waals surface area contributed by atoms with Crippen LogP contribution in [0.3, 0.4) is 0 Å². The minimum atomic E-state index is -0.870. The van der Waals surface area contributed by atoms with Crippen LogP contribution in [-0.2, 0) is 4.79 Å². The van der Waals surface area contributed by atoms with Gasteiger partial charge in [-0.15, -0.1) is 0 Å². The average molecular weight is 313 g/mol. The summed E-state index contributed by atoms with van der Waals surface area (Å²) < 4.78 is 13.9. The maximum Gasteiger partial charge on any atom is 0.311 e. The number of carboxylic acid groups (broad SMARTS) is 1. The summed E-state index contributed by atoms with van der Waals surface area (Å²) in [5.74, 6) is -1.26. The third-order valence-corrected chi connectivity index (χ3v) is 4.52. The van der Waals surface area contributed by atoms with E-state index in [1.807, 2.05) is 4.90 Å². The van der Waals surface area contributed by atoms with E-state index in [0.717, 1.165) is 0 Å². The van der Waals surface area contributed by atoms with Crippen LogP contribution >= 0.6 is 0 Å². The maximum atomic E-state index is 13.9. The number of aromatic nitrogens is 1. The number of hydrogen-bond acceptors (Lipinski definition) is 4. The molecule has 2 aromatic rings. The smallest absolute Gasteiger partial charge is 0.311 e. The molecule has 1 unspecified atom stereocenters. The zero-order valence-corrected chi connectivity index (χ0v) is 12.9. The first-order valence-electron chi connectivity index (χ1n) is 7.33. The predicted octanol–water partition coefficient (Wildman–Crippen LogP) is 2.86. The third-order valence-electron chi connectivity index (χ3n) is 4.52. The molecule has 0 radical (unpaired) electrons. The molecule has 0 spiro atoms. The van der Waals surface area contributed by atoms with E-state index in [0.29, 0.717) is 40.7 Å². The Morgan fingerprint density at radius 2 is 2.26 bits per heavy atom. The molecule has 1 aromatic carbocycles. The number of pyridine rings is 1. The maximum absolute atomic E-state index is 13.9. The van der Waals surface area contributed by atoms with Gasteiger partial charge in [0.15, 0.2) is 0 Å². The summed E-state index contributed by atoms with van der Waals surface area (Å²) in [6.45, 7) is 4.24.